The molecule has 1 N–H and O–H groups in total. The Morgan fingerprint density at radius 3 is 2.44 bits per heavy atom. The van der Waals surface area contributed by atoms with Gasteiger partial charge in [0.2, 0.25) is 15.9 Å². The van der Waals surface area contributed by atoms with E-state index in [-0.39, 0.29) is 10.8 Å². The third kappa shape index (κ3) is 3.28. The van der Waals surface area contributed by atoms with E-state index in [9.17, 15) is 13.2 Å². The average molecular weight is 385 g/mol. The Morgan fingerprint density at radius 1 is 1.07 bits per heavy atom. The van der Waals surface area contributed by atoms with E-state index < -0.39 is 15.6 Å². The summed E-state index contributed by atoms with van der Waals surface area (Å²) in [6, 6.07) is 14.9. The van der Waals surface area contributed by atoms with Crippen LogP contribution in [0.2, 0.25) is 0 Å². The van der Waals surface area contributed by atoms with Crippen molar-refractivity contribution in [2.45, 2.75) is 49.5 Å². The summed E-state index contributed by atoms with van der Waals surface area (Å²) in [4.78, 5) is 13.8. The molecule has 2 aliphatic rings. The van der Waals surface area contributed by atoms with Crippen LogP contribution in [0.25, 0.3) is 0 Å². The molecule has 27 heavy (non-hydrogen) atoms. The maximum absolute atomic E-state index is 13.1. The molecular weight excluding hydrogens is 360 g/mol. The number of fused-ring (bicyclic) bond motifs is 1. The van der Waals surface area contributed by atoms with Gasteiger partial charge in [0.15, 0.2) is 0 Å². The SMILES string of the molecule is CC(=O)N1CCCc2cc(S(=O)(=O)NC3(c4ccccc4)CCC3)ccc21. The lowest BCUT2D eigenvalue weighted by Crippen LogP contribution is -2.50. The second kappa shape index (κ2) is 6.77. The quantitative estimate of drug-likeness (QED) is 0.879. The fourth-order valence-electron chi connectivity index (χ4n) is 4.12. The van der Waals surface area contributed by atoms with Crippen LogP contribution in [0.1, 0.15) is 43.7 Å². The number of hydrogen-bond acceptors (Lipinski definition) is 3. The molecule has 0 radical (unpaired) electrons. The maximum atomic E-state index is 13.1. The number of carbonyl (C=O) groups excluding carboxylic acids is 1. The van der Waals surface area contributed by atoms with Crippen molar-refractivity contribution in [3.8, 4) is 0 Å². The number of benzene rings is 2. The van der Waals surface area contributed by atoms with E-state index in [1.807, 2.05) is 30.3 Å². The molecule has 6 heteroatoms. The minimum Gasteiger partial charge on any atom is -0.312 e. The van der Waals surface area contributed by atoms with Gasteiger partial charge in [0.05, 0.1) is 10.4 Å². The highest BCUT2D eigenvalue weighted by molar-refractivity contribution is 7.89. The molecule has 142 valence electrons. The molecule has 0 saturated heterocycles. The Hall–Kier alpha value is -2.18. The third-order valence-electron chi connectivity index (χ3n) is 5.72. The van der Waals surface area contributed by atoms with Gasteiger partial charge < -0.3 is 4.90 Å². The first-order chi connectivity index (χ1) is 12.9. The van der Waals surface area contributed by atoms with Crippen molar-refractivity contribution in [1.29, 1.82) is 0 Å². The molecule has 4 rings (SSSR count). The Kier molecular flexibility index (Phi) is 4.56. The number of rotatable bonds is 4. The van der Waals surface area contributed by atoms with E-state index in [2.05, 4.69) is 4.72 Å². The molecule has 0 atom stereocenters. The second-order valence-electron chi connectivity index (χ2n) is 7.47. The molecule has 1 amide bonds. The number of nitrogens with one attached hydrogen (secondary N) is 1. The summed E-state index contributed by atoms with van der Waals surface area (Å²) in [5.41, 5.74) is 2.25. The lowest BCUT2D eigenvalue weighted by atomic mass is 9.73. The molecule has 0 bridgehead atoms. The van der Waals surface area contributed by atoms with E-state index >= 15 is 0 Å². The molecule has 2 aromatic rings. The number of hydrogen-bond donors (Lipinski definition) is 1. The first-order valence-corrected chi connectivity index (χ1v) is 10.9. The molecule has 5 nitrogen and oxygen atoms in total. The van der Waals surface area contributed by atoms with E-state index in [0.29, 0.717) is 6.54 Å². The van der Waals surface area contributed by atoms with Crippen molar-refractivity contribution in [1.82, 2.24) is 4.72 Å². The van der Waals surface area contributed by atoms with Gasteiger partial charge in [0.1, 0.15) is 0 Å². The van der Waals surface area contributed by atoms with E-state index in [4.69, 9.17) is 0 Å². The van der Waals surface area contributed by atoms with Crippen LogP contribution in [0.5, 0.6) is 0 Å². The molecule has 0 spiro atoms. The second-order valence-corrected chi connectivity index (χ2v) is 9.15. The maximum Gasteiger partial charge on any atom is 0.241 e. The fourth-order valence-corrected chi connectivity index (χ4v) is 5.62. The minimum atomic E-state index is -3.65. The van der Waals surface area contributed by atoms with Gasteiger partial charge in [0, 0.05) is 19.2 Å². The van der Waals surface area contributed by atoms with Crippen molar-refractivity contribution < 1.29 is 13.2 Å². The molecule has 2 aromatic carbocycles. The normalized spacial score (nSPS) is 18.5. The van der Waals surface area contributed by atoms with E-state index in [0.717, 1.165) is 48.9 Å². The van der Waals surface area contributed by atoms with Gasteiger partial charge in [-0.15, -0.1) is 0 Å². The first kappa shape index (κ1) is 18.2. The standard InChI is InChI=1S/C21H24N2O3S/c1-16(24)23-14-5-7-17-15-19(10-11-20(17)23)27(25,26)22-21(12-6-13-21)18-8-3-2-4-9-18/h2-4,8-11,15,22H,5-7,12-14H2,1H3. The number of sulfonamides is 1. The Bertz CT molecular complexity index is 966. The Morgan fingerprint density at radius 2 is 1.81 bits per heavy atom. The van der Waals surface area contributed by atoms with Crippen LogP contribution in [-0.2, 0) is 26.8 Å². The van der Waals surface area contributed by atoms with E-state index in [1.54, 1.807) is 30.0 Å². The largest absolute Gasteiger partial charge is 0.312 e. The molecule has 0 aromatic heterocycles. The first-order valence-electron chi connectivity index (χ1n) is 9.42. The summed E-state index contributed by atoms with van der Waals surface area (Å²) in [6.45, 7) is 2.23. The topological polar surface area (TPSA) is 66.5 Å². The van der Waals surface area contributed by atoms with Gasteiger partial charge in [0.25, 0.3) is 0 Å². The average Bonchev–Trinajstić information content (AvgIpc) is 2.64. The summed E-state index contributed by atoms with van der Waals surface area (Å²) in [7, 11) is -3.65. The van der Waals surface area contributed by atoms with E-state index in [1.165, 1.54) is 0 Å². The lowest BCUT2D eigenvalue weighted by molar-refractivity contribution is -0.116. The number of nitrogens with zero attached hydrogens (tertiary/aromatic N) is 1. The number of carbonyl (C=O) groups is 1. The van der Waals surface area contributed by atoms with Crippen LogP contribution in [0, 0.1) is 0 Å². The van der Waals surface area contributed by atoms with Crippen LogP contribution in [0.3, 0.4) is 0 Å². The third-order valence-corrected chi connectivity index (χ3v) is 7.26. The highest BCUT2D eigenvalue weighted by Crippen LogP contribution is 2.42. The predicted octanol–water partition coefficient (Wildman–Crippen LogP) is 3.34. The molecule has 1 aliphatic heterocycles. The zero-order valence-electron chi connectivity index (χ0n) is 15.4. The molecule has 1 aliphatic carbocycles. The van der Waals surface area contributed by atoms with Crippen molar-refractivity contribution in [2.24, 2.45) is 0 Å². The van der Waals surface area contributed by atoms with Crippen molar-refractivity contribution in [3.05, 3.63) is 59.7 Å². The summed E-state index contributed by atoms with van der Waals surface area (Å²) in [5.74, 6) is -0.0119. The molecule has 1 saturated carbocycles. The highest BCUT2D eigenvalue weighted by atomic mass is 32.2. The Labute approximate surface area is 160 Å². The monoisotopic (exact) mass is 384 g/mol. The molecule has 1 heterocycles. The van der Waals surface area contributed by atoms with Crippen molar-refractivity contribution in [2.75, 3.05) is 11.4 Å². The van der Waals surface area contributed by atoms with Crippen LogP contribution in [0.4, 0.5) is 5.69 Å². The Balaban J connectivity index is 1.66. The van der Waals surface area contributed by atoms with Crippen LogP contribution >= 0.6 is 0 Å². The van der Waals surface area contributed by atoms with Gasteiger partial charge in [-0.05, 0) is 61.4 Å². The van der Waals surface area contributed by atoms with Crippen molar-refractivity contribution >= 4 is 21.6 Å². The zero-order valence-corrected chi connectivity index (χ0v) is 16.3. The number of aryl methyl sites for hydroxylation is 1. The minimum absolute atomic E-state index is 0.0119. The van der Waals surface area contributed by atoms with Gasteiger partial charge in [-0.2, -0.15) is 0 Å². The molecule has 1 fully saturated rings. The van der Waals surface area contributed by atoms with Crippen LogP contribution in [-0.4, -0.2) is 20.9 Å². The fraction of sp³-hybridized carbons (Fsp3) is 0.381. The number of amides is 1. The summed E-state index contributed by atoms with van der Waals surface area (Å²) < 4.78 is 29.2. The van der Waals surface area contributed by atoms with Crippen LogP contribution in [0.15, 0.2) is 53.4 Å². The molecular formula is C21H24N2O3S. The zero-order chi connectivity index (χ0) is 19.1. The van der Waals surface area contributed by atoms with Crippen LogP contribution < -0.4 is 9.62 Å². The van der Waals surface area contributed by atoms with Crippen molar-refractivity contribution in [3.63, 3.8) is 0 Å². The van der Waals surface area contributed by atoms with Gasteiger partial charge in [-0.1, -0.05) is 30.3 Å². The van der Waals surface area contributed by atoms with Gasteiger partial charge >= 0.3 is 0 Å². The van der Waals surface area contributed by atoms with Gasteiger partial charge in [-0.25, -0.2) is 13.1 Å². The predicted molar refractivity (Wildman–Crippen MR) is 105 cm³/mol. The lowest BCUT2D eigenvalue weighted by Gasteiger charge is -2.42. The van der Waals surface area contributed by atoms with Gasteiger partial charge in [-0.3, -0.25) is 4.79 Å². The molecule has 0 unspecified atom stereocenters. The smallest absolute Gasteiger partial charge is 0.241 e. The number of anilines is 1. The highest BCUT2D eigenvalue weighted by Gasteiger charge is 2.42. The summed E-state index contributed by atoms with van der Waals surface area (Å²) >= 11 is 0. The summed E-state index contributed by atoms with van der Waals surface area (Å²) in [6.07, 6.45) is 4.25. The summed E-state index contributed by atoms with van der Waals surface area (Å²) in [5, 5.41) is 0.